The van der Waals surface area contributed by atoms with Crippen LogP contribution in [-0.2, 0) is 13.6 Å². The highest BCUT2D eigenvalue weighted by Gasteiger charge is 2.20. The van der Waals surface area contributed by atoms with E-state index in [9.17, 15) is 0 Å². The fourth-order valence-corrected chi connectivity index (χ4v) is 1.71. The molecule has 0 saturated heterocycles. The molecular weight excluding hydrogens is 202 g/mol. The van der Waals surface area contributed by atoms with Gasteiger partial charge in [-0.25, -0.2) is 9.97 Å². The molecule has 2 N–H and O–H groups in total. The Morgan fingerprint density at radius 1 is 1.50 bits per heavy atom. The second-order valence-electron chi connectivity index (χ2n) is 4.30. The average molecular weight is 217 g/mol. The molecule has 0 atom stereocenters. The smallest absolute Gasteiger partial charge is 0.155 e. The van der Waals surface area contributed by atoms with Crippen molar-refractivity contribution in [2.75, 3.05) is 0 Å². The third-order valence-corrected chi connectivity index (χ3v) is 2.85. The van der Waals surface area contributed by atoms with Crippen molar-refractivity contribution < 1.29 is 0 Å². The van der Waals surface area contributed by atoms with Crippen LogP contribution in [0.25, 0.3) is 11.5 Å². The first-order valence-corrected chi connectivity index (χ1v) is 5.57. The van der Waals surface area contributed by atoms with Crippen molar-refractivity contribution in [3.8, 4) is 11.5 Å². The fourth-order valence-electron chi connectivity index (χ4n) is 1.71. The highest BCUT2D eigenvalue weighted by Crippen LogP contribution is 2.19. The summed E-state index contributed by atoms with van der Waals surface area (Å²) in [6.07, 6.45) is 8.10. The van der Waals surface area contributed by atoms with Crippen LogP contribution in [0.1, 0.15) is 18.5 Å². The van der Waals surface area contributed by atoms with Gasteiger partial charge in [-0.1, -0.05) is 0 Å². The van der Waals surface area contributed by atoms with E-state index in [1.54, 1.807) is 6.33 Å². The lowest BCUT2D eigenvalue weighted by molar-refractivity contribution is 0.677. The molecule has 3 rings (SSSR count). The molecule has 0 radical (unpaired) electrons. The van der Waals surface area contributed by atoms with Gasteiger partial charge in [0, 0.05) is 25.3 Å². The molecule has 84 valence electrons. The largest absolute Gasteiger partial charge is 0.339 e. The maximum absolute atomic E-state index is 4.36. The number of hydrogen-bond acceptors (Lipinski definition) is 3. The molecule has 1 saturated carbocycles. The summed E-state index contributed by atoms with van der Waals surface area (Å²) in [6, 6.07) is 0.725. The van der Waals surface area contributed by atoms with Crippen molar-refractivity contribution in [2.45, 2.75) is 25.4 Å². The molecule has 0 amide bonds. The second-order valence-corrected chi connectivity index (χ2v) is 4.30. The molecule has 16 heavy (non-hydrogen) atoms. The number of aromatic amines is 1. The quantitative estimate of drug-likeness (QED) is 0.805. The molecule has 2 heterocycles. The third kappa shape index (κ3) is 1.86. The zero-order valence-corrected chi connectivity index (χ0v) is 9.27. The van der Waals surface area contributed by atoms with E-state index in [2.05, 4.69) is 20.3 Å². The van der Waals surface area contributed by atoms with E-state index >= 15 is 0 Å². The third-order valence-electron chi connectivity index (χ3n) is 2.85. The predicted molar refractivity (Wildman–Crippen MR) is 60.7 cm³/mol. The SMILES string of the molecule is Cn1cncc1-c1ncc(CNC2CC2)[nH]1. The molecule has 0 spiro atoms. The molecule has 2 aromatic heterocycles. The van der Waals surface area contributed by atoms with Crippen LogP contribution in [0, 0.1) is 0 Å². The summed E-state index contributed by atoms with van der Waals surface area (Å²) in [4.78, 5) is 11.7. The Morgan fingerprint density at radius 2 is 2.38 bits per heavy atom. The van der Waals surface area contributed by atoms with Crippen LogP contribution in [0.3, 0.4) is 0 Å². The maximum Gasteiger partial charge on any atom is 0.155 e. The minimum atomic E-state index is 0.725. The van der Waals surface area contributed by atoms with Gasteiger partial charge in [0.15, 0.2) is 5.82 Å². The van der Waals surface area contributed by atoms with E-state index in [1.807, 2.05) is 24.0 Å². The molecule has 1 aliphatic carbocycles. The standard InChI is InChI=1S/C11H15N5/c1-16-7-12-6-10(16)11-14-5-9(15-11)4-13-8-2-3-8/h5-8,13H,2-4H2,1H3,(H,14,15). The van der Waals surface area contributed by atoms with Crippen molar-refractivity contribution in [2.24, 2.45) is 7.05 Å². The van der Waals surface area contributed by atoms with Crippen LogP contribution in [-0.4, -0.2) is 25.6 Å². The van der Waals surface area contributed by atoms with Gasteiger partial charge in [-0.05, 0) is 12.8 Å². The van der Waals surface area contributed by atoms with Crippen LogP contribution >= 0.6 is 0 Å². The van der Waals surface area contributed by atoms with E-state index in [4.69, 9.17) is 0 Å². The van der Waals surface area contributed by atoms with Crippen molar-refractivity contribution in [1.29, 1.82) is 0 Å². The summed E-state index contributed by atoms with van der Waals surface area (Å²) in [5, 5.41) is 3.45. The highest BCUT2D eigenvalue weighted by atomic mass is 15.1. The number of nitrogens with zero attached hydrogens (tertiary/aromatic N) is 3. The Labute approximate surface area is 93.9 Å². The van der Waals surface area contributed by atoms with E-state index in [0.29, 0.717) is 0 Å². The van der Waals surface area contributed by atoms with Gasteiger partial charge in [0.2, 0.25) is 0 Å². The van der Waals surface area contributed by atoms with Gasteiger partial charge in [0.1, 0.15) is 5.69 Å². The molecule has 0 bridgehead atoms. The topological polar surface area (TPSA) is 58.5 Å². The molecule has 1 fully saturated rings. The summed E-state index contributed by atoms with van der Waals surface area (Å²) in [6.45, 7) is 0.871. The number of aryl methyl sites for hydroxylation is 1. The predicted octanol–water partition coefficient (Wildman–Crippen LogP) is 1.06. The van der Waals surface area contributed by atoms with Crippen molar-refractivity contribution in [3.63, 3.8) is 0 Å². The molecule has 0 unspecified atom stereocenters. The minimum Gasteiger partial charge on any atom is -0.339 e. The van der Waals surface area contributed by atoms with Crippen LogP contribution in [0.15, 0.2) is 18.7 Å². The number of hydrogen-bond donors (Lipinski definition) is 2. The van der Waals surface area contributed by atoms with Gasteiger partial charge in [-0.2, -0.15) is 0 Å². The van der Waals surface area contributed by atoms with E-state index < -0.39 is 0 Å². The van der Waals surface area contributed by atoms with Crippen molar-refractivity contribution in [3.05, 3.63) is 24.4 Å². The van der Waals surface area contributed by atoms with Crippen molar-refractivity contribution >= 4 is 0 Å². The normalized spacial score (nSPS) is 15.6. The van der Waals surface area contributed by atoms with Gasteiger partial charge in [0.25, 0.3) is 0 Å². The number of H-pyrrole nitrogens is 1. The highest BCUT2D eigenvalue weighted by molar-refractivity contribution is 5.48. The molecule has 2 aromatic rings. The lowest BCUT2D eigenvalue weighted by Gasteiger charge is -1.99. The summed E-state index contributed by atoms with van der Waals surface area (Å²) < 4.78 is 1.96. The molecule has 0 aliphatic heterocycles. The summed E-state index contributed by atoms with van der Waals surface area (Å²) in [7, 11) is 1.97. The number of imidazole rings is 2. The van der Waals surface area contributed by atoms with Gasteiger partial charge in [-0.15, -0.1) is 0 Å². The first kappa shape index (κ1) is 9.59. The van der Waals surface area contributed by atoms with Crippen LogP contribution in [0.2, 0.25) is 0 Å². The molecular formula is C11H15N5. The number of rotatable bonds is 4. The van der Waals surface area contributed by atoms with Gasteiger partial charge in [0.05, 0.1) is 18.7 Å². The fraction of sp³-hybridized carbons (Fsp3) is 0.455. The molecule has 5 nitrogen and oxygen atoms in total. The maximum atomic E-state index is 4.36. The van der Waals surface area contributed by atoms with Gasteiger partial charge in [-0.3, -0.25) is 0 Å². The van der Waals surface area contributed by atoms with E-state index in [1.165, 1.54) is 12.8 Å². The van der Waals surface area contributed by atoms with E-state index in [-0.39, 0.29) is 0 Å². The zero-order valence-electron chi connectivity index (χ0n) is 9.27. The minimum absolute atomic E-state index is 0.725. The number of aromatic nitrogens is 4. The van der Waals surface area contributed by atoms with Crippen LogP contribution in [0.5, 0.6) is 0 Å². The number of nitrogens with one attached hydrogen (secondary N) is 2. The summed E-state index contributed by atoms with van der Waals surface area (Å²) >= 11 is 0. The first-order valence-electron chi connectivity index (χ1n) is 5.57. The Morgan fingerprint density at radius 3 is 3.06 bits per heavy atom. The lowest BCUT2D eigenvalue weighted by Crippen LogP contribution is -2.15. The monoisotopic (exact) mass is 217 g/mol. The summed E-state index contributed by atoms with van der Waals surface area (Å²) in [5.41, 5.74) is 2.14. The van der Waals surface area contributed by atoms with Gasteiger partial charge >= 0.3 is 0 Å². The van der Waals surface area contributed by atoms with Crippen LogP contribution < -0.4 is 5.32 Å². The molecule has 0 aromatic carbocycles. The average Bonchev–Trinajstić information content (AvgIpc) is 2.82. The zero-order chi connectivity index (χ0) is 11.0. The second kappa shape index (κ2) is 3.75. The van der Waals surface area contributed by atoms with Crippen LogP contribution in [0.4, 0.5) is 0 Å². The Hall–Kier alpha value is -1.62. The summed E-state index contributed by atoms with van der Waals surface area (Å²) in [5.74, 6) is 0.882. The Bertz CT molecular complexity index is 480. The Balaban J connectivity index is 1.74. The molecule has 5 heteroatoms. The Kier molecular flexibility index (Phi) is 2.25. The van der Waals surface area contributed by atoms with E-state index in [0.717, 1.165) is 29.8 Å². The molecule has 1 aliphatic rings. The first-order chi connectivity index (χ1) is 7.83. The van der Waals surface area contributed by atoms with Gasteiger partial charge < -0.3 is 14.9 Å². The van der Waals surface area contributed by atoms with Crippen molar-refractivity contribution in [1.82, 2.24) is 24.8 Å². The lowest BCUT2D eigenvalue weighted by atomic mass is 10.4.